The van der Waals surface area contributed by atoms with E-state index in [4.69, 9.17) is 4.74 Å². The molecule has 1 aromatic rings. The van der Waals surface area contributed by atoms with Crippen molar-refractivity contribution >= 4 is 11.9 Å². The molecule has 0 N–H and O–H groups in total. The lowest BCUT2D eigenvalue weighted by molar-refractivity contribution is -0.123. The quantitative estimate of drug-likeness (QED) is 0.789. The first kappa shape index (κ1) is 16.5. The number of ether oxygens (including phenoxy) is 1. The molecule has 0 bridgehead atoms. The van der Waals surface area contributed by atoms with Crippen molar-refractivity contribution in [3.63, 3.8) is 0 Å². The summed E-state index contributed by atoms with van der Waals surface area (Å²) in [5.41, 5.74) is 2.74. The fourth-order valence-corrected chi connectivity index (χ4v) is 2.98. The van der Waals surface area contributed by atoms with Crippen LogP contribution in [-0.2, 0) is 9.53 Å². The molecule has 1 aliphatic rings. The number of amides is 1. The Balaban J connectivity index is 2.36. The molecule has 1 saturated heterocycles. The number of carbonyl (C=O) groups excluding carboxylic acids is 2. The second-order valence-corrected chi connectivity index (χ2v) is 6.99. The highest BCUT2D eigenvalue weighted by Gasteiger charge is 2.35. The van der Waals surface area contributed by atoms with Gasteiger partial charge in [0.2, 0.25) is 0 Å². The molecule has 4 heteroatoms. The van der Waals surface area contributed by atoms with E-state index in [-0.39, 0.29) is 17.9 Å². The van der Waals surface area contributed by atoms with Crippen molar-refractivity contribution in [2.45, 2.75) is 59.1 Å². The molecule has 2 rings (SSSR count). The lowest BCUT2D eigenvalue weighted by atomic mass is 9.89. The molecule has 0 radical (unpaired) electrons. The van der Waals surface area contributed by atoms with Gasteiger partial charge < -0.3 is 9.64 Å². The smallest absolute Gasteiger partial charge is 0.410 e. The van der Waals surface area contributed by atoms with Crippen LogP contribution in [0.5, 0.6) is 0 Å². The maximum absolute atomic E-state index is 12.5. The highest BCUT2D eigenvalue weighted by Crippen LogP contribution is 2.34. The highest BCUT2D eigenvalue weighted by atomic mass is 16.6. The summed E-state index contributed by atoms with van der Waals surface area (Å²) in [5, 5.41) is 0. The number of rotatable bonds is 1. The zero-order valence-electron chi connectivity index (χ0n) is 14.1. The predicted molar refractivity (Wildman–Crippen MR) is 85.8 cm³/mol. The van der Waals surface area contributed by atoms with E-state index in [2.05, 4.69) is 0 Å². The number of hydrogen-bond donors (Lipinski definition) is 0. The summed E-state index contributed by atoms with van der Waals surface area (Å²) in [5.74, 6) is 0.201. The van der Waals surface area contributed by atoms with Crippen LogP contribution in [0.1, 0.15) is 56.3 Å². The van der Waals surface area contributed by atoms with Gasteiger partial charge in [-0.3, -0.25) is 4.79 Å². The Morgan fingerprint density at radius 1 is 1.23 bits per heavy atom. The van der Waals surface area contributed by atoms with Gasteiger partial charge in [-0.05, 0) is 51.3 Å². The van der Waals surface area contributed by atoms with Crippen LogP contribution in [0.15, 0.2) is 18.2 Å². The second-order valence-electron chi connectivity index (χ2n) is 6.99. The van der Waals surface area contributed by atoms with Crippen LogP contribution in [0.4, 0.5) is 4.79 Å². The van der Waals surface area contributed by atoms with Crippen molar-refractivity contribution in [1.82, 2.24) is 4.90 Å². The second kappa shape index (κ2) is 6.11. The molecule has 1 amide bonds. The summed E-state index contributed by atoms with van der Waals surface area (Å²) in [6.45, 7) is 10.0. The Kier molecular flexibility index (Phi) is 4.59. The molecule has 120 valence electrons. The number of benzene rings is 1. The number of ketones is 1. The number of hydrogen-bond acceptors (Lipinski definition) is 3. The molecule has 0 spiro atoms. The monoisotopic (exact) mass is 303 g/mol. The maximum atomic E-state index is 12.5. The Hall–Kier alpha value is -1.84. The van der Waals surface area contributed by atoms with E-state index in [1.165, 1.54) is 0 Å². The third kappa shape index (κ3) is 3.67. The summed E-state index contributed by atoms with van der Waals surface area (Å²) in [6.07, 6.45) is 0.429. The van der Waals surface area contributed by atoms with E-state index in [0.717, 1.165) is 16.7 Å². The Labute approximate surface area is 132 Å². The van der Waals surface area contributed by atoms with Gasteiger partial charge in [0.25, 0.3) is 0 Å². The average Bonchev–Trinajstić information content (AvgIpc) is 2.36. The molecule has 1 aliphatic heterocycles. The van der Waals surface area contributed by atoms with Crippen LogP contribution >= 0.6 is 0 Å². The first-order valence-electron chi connectivity index (χ1n) is 7.76. The lowest BCUT2D eigenvalue weighted by Gasteiger charge is -2.37. The number of Topliss-reactive ketones (excluding diaryl/α,β-unsaturated/α-hetero) is 1. The molecule has 1 heterocycles. The van der Waals surface area contributed by atoms with Crippen LogP contribution in [-0.4, -0.2) is 28.9 Å². The molecule has 1 atom stereocenters. The van der Waals surface area contributed by atoms with Crippen molar-refractivity contribution in [3.8, 4) is 0 Å². The topological polar surface area (TPSA) is 46.6 Å². The molecule has 0 saturated carbocycles. The number of carbonyl (C=O) groups is 2. The van der Waals surface area contributed by atoms with Gasteiger partial charge in [-0.1, -0.05) is 18.2 Å². The fourth-order valence-electron chi connectivity index (χ4n) is 2.98. The number of aryl methyl sites for hydroxylation is 2. The zero-order valence-corrected chi connectivity index (χ0v) is 14.1. The normalized spacial score (nSPS) is 19.2. The van der Waals surface area contributed by atoms with Gasteiger partial charge in [-0.2, -0.15) is 0 Å². The molecule has 1 fully saturated rings. The van der Waals surface area contributed by atoms with E-state index >= 15 is 0 Å². The molecular weight excluding hydrogens is 278 g/mol. The molecule has 1 aromatic carbocycles. The minimum absolute atomic E-state index is 0.201. The van der Waals surface area contributed by atoms with Gasteiger partial charge in [0.05, 0.1) is 6.04 Å². The van der Waals surface area contributed by atoms with Gasteiger partial charge in [0.1, 0.15) is 11.4 Å². The van der Waals surface area contributed by atoms with Gasteiger partial charge in [-0.25, -0.2) is 4.79 Å². The third-order valence-corrected chi connectivity index (χ3v) is 3.93. The van der Waals surface area contributed by atoms with E-state index in [1.807, 2.05) is 52.8 Å². The molecule has 4 nitrogen and oxygen atoms in total. The minimum Gasteiger partial charge on any atom is -0.444 e. The van der Waals surface area contributed by atoms with Gasteiger partial charge in [0.15, 0.2) is 0 Å². The molecule has 0 aromatic heterocycles. The summed E-state index contributed by atoms with van der Waals surface area (Å²) in [6, 6.07) is 5.82. The highest BCUT2D eigenvalue weighted by molar-refractivity contribution is 5.83. The SMILES string of the molecule is Cc1cccc(C)c1C1CC(=O)CCN1C(=O)OC(C)(C)C. The first-order chi connectivity index (χ1) is 10.2. The predicted octanol–water partition coefficient (Wildman–Crippen LogP) is 3.94. The van der Waals surface area contributed by atoms with Crippen molar-refractivity contribution in [1.29, 1.82) is 0 Å². The minimum atomic E-state index is -0.538. The average molecular weight is 303 g/mol. The summed E-state index contributed by atoms with van der Waals surface area (Å²) >= 11 is 0. The molecule has 0 aliphatic carbocycles. The van der Waals surface area contributed by atoms with Crippen molar-refractivity contribution in [2.75, 3.05) is 6.54 Å². The molecule has 22 heavy (non-hydrogen) atoms. The Morgan fingerprint density at radius 3 is 2.36 bits per heavy atom. The van der Waals surface area contributed by atoms with Crippen LogP contribution in [0.3, 0.4) is 0 Å². The van der Waals surface area contributed by atoms with E-state index < -0.39 is 5.60 Å². The fraction of sp³-hybridized carbons (Fsp3) is 0.556. The molecular formula is C18H25NO3. The number of nitrogens with zero attached hydrogens (tertiary/aromatic N) is 1. The van der Waals surface area contributed by atoms with Crippen LogP contribution in [0.2, 0.25) is 0 Å². The third-order valence-electron chi connectivity index (χ3n) is 3.93. The summed E-state index contributed by atoms with van der Waals surface area (Å²) < 4.78 is 5.52. The first-order valence-corrected chi connectivity index (χ1v) is 7.76. The Morgan fingerprint density at radius 2 is 1.82 bits per heavy atom. The molecule has 1 unspecified atom stereocenters. The van der Waals surface area contributed by atoms with E-state index in [9.17, 15) is 9.59 Å². The summed E-state index contributed by atoms with van der Waals surface area (Å²) in [4.78, 5) is 26.2. The van der Waals surface area contributed by atoms with Gasteiger partial charge >= 0.3 is 6.09 Å². The maximum Gasteiger partial charge on any atom is 0.410 e. The number of likely N-dealkylation sites (tertiary alicyclic amines) is 1. The van der Waals surface area contributed by atoms with Crippen molar-refractivity contribution in [2.24, 2.45) is 0 Å². The Bertz CT molecular complexity index is 566. The summed E-state index contributed by atoms with van der Waals surface area (Å²) in [7, 11) is 0. The largest absolute Gasteiger partial charge is 0.444 e. The lowest BCUT2D eigenvalue weighted by Crippen LogP contribution is -2.44. The van der Waals surface area contributed by atoms with E-state index in [0.29, 0.717) is 19.4 Å². The van der Waals surface area contributed by atoms with Crippen molar-refractivity contribution < 1.29 is 14.3 Å². The number of piperidine rings is 1. The van der Waals surface area contributed by atoms with Crippen LogP contribution in [0, 0.1) is 13.8 Å². The van der Waals surface area contributed by atoms with Gasteiger partial charge in [-0.15, -0.1) is 0 Å². The van der Waals surface area contributed by atoms with Crippen molar-refractivity contribution in [3.05, 3.63) is 34.9 Å². The van der Waals surface area contributed by atoms with Crippen LogP contribution in [0.25, 0.3) is 0 Å². The van der Waals surface area contributed by atoms with Gasteiger partial charge in [0, 0.05) is 19.4 Å². The van der Waals surface area contributed by atoms with Crippen LogP contribution < -0.4 is 0 Å². The van der Waals surface area contributed by atoms with E-state index in [1.54, 1.807) is 4.90 Å². The zero-order chi connectivity index (χ0) is 16.5. The standard InChI is InChI=1S/C18H25NO3/c1-12-7-6-8-13(2)16(12)15-11-14(20)9-10-19(15)17(21)22-18(3,4)5/h6-8,15H,9-11H2,1-5H3.